The first-order valence-corrected chi connectivity index (χ1v) is 7.09. The molecule has 4 heteroatoms. The van der Waals surface area contributed by atoms with Crippen LogP contribution in [-0.4, -0.2) is 25.2 Å². The number of hydrogen-bond donors (Lipinski definition) is 1. The van der Waals surface area contributed by atoms with Crippen molar-refractivity contribution in [2.45, 2.75) is 20.4 Å². The van der Waals surface area contributed by atoms with E-state index in [1.54, 1.807) is 7.11 Å². The fraction of sp³-hybridized carbons (Fsp3) is 0.353. The Morgan fingerprint density at radius 3 is 2.62 bits per heavy atom. The largest absolute Gasteiger partial charge is 0.439 e. The summed E-state index contributed by atoms with van der Waals surface area (Å²) in [6, 6.07) is 9.95. The van der Waals surface area contributed by atoms with E-state index in [-0.39, 0.29) is 0 Å². The smallest absolute Gasteiger partial charge is 0.219 e. The molecule has 0 atom stereocenters. The second kappa shape index (κ2) is 7.76. The molecule has 0 saturated carbocycles. The molecule has 0 saturated heterocycles. The fourth-order valence-electron chi connectivity index (χ4n) is 1.88. The molecule has 0 aliphatic rings. The lowest BCUT2D eigenvalue weighted by molar-refractivity contribution is 0.199. The molecule has 2 aromatic rings. The minimum atomic E-state index is 0.610. The molecule has 0 fully saturated rings. The van der Waals surface area contributed by atoms with Crippen LogP contribution in [0.3, 0.4) is 0 Å². The van der Waals surface area contributed by atoms with Crippen molar-refractivity contribution in [3.63, 3.8) is 0 Å². The van der Waals surface area contributed by atoms with Crippen LogP contribution in [0.2, 0.25) is 0 Å². The van der Waals surface area contributed by atoms with Gasteiger partial charge < -0.3 is 14.8 Å². The average molecular weight is 286 g/mol. The molecule has 0 radical (unpaired) electrons. The molecule has 0 spiro atoms. The first-order valence-electron chi connectivity index (χ1n) is 7.09. The van der Waals surface area contributed by atoms with E-state index in [4.69, 9.17) is 9.47 Å². The van der Waals surface area contributed by atoms with Gasteiger partial charge in [-0.2, -0.15) is 0 Å². The van der Waals surface area contributed by atoms with Crippen molar-refractivity contribution in [3.05, 3.63) is 53.2 Å². The van der Waals surface area contributed by atoms with Crippen molar-refractivity contribution in [1.82, 2.24) is 10.3 Å². The summed E-state index contributed by atoms with van der Waals surface area (Å²) in [5.74, 6) is 1.43. The number of rotatable bonds is 7. The number of benzene rings is 1. The van der Waals surface area contributed by atoms with Crippen LogP contribution in [-0.2, 0) is 11.3 Å². The lowest BCUT2D eigenvalue weighted by Crippen LogP contribution is -2.18. The molecule has 0 amide bonds. The van der Waals surface area contributed by atoms with Gasteiger partial charge in [0.2, 0.25) is 5.88 Å². The van der Waals surface area contributed by atoms with Gasteiger partial charge in [-0.15, -0.1) is 0 Å². The van der Waals surface area contributed by atoms with Gasteiger partial charge >= 0.3 is 0 Å². The van der Waals surface area contributed by atoms with Crippen molar-refractivity contribution in [3.8, 4) is 11.6 Å². The van der Waals surface area contributed by atoms with E-state index in [1.165, 1.54) is 11.1 Å². The zero-order valence-electron chi connectivity index (χ0n) is 12.8. The number of pyridine rings is 1. The molecule has 1 aromatic heterocycles. The monoisotopic (exact) mass is 286 g/mol. The number of nitrogens with one attached hydrogen (secondary N) is 1. The Morgan fingerprint density at radius 1 is 1.10 bits per heavy atom. The number of hydrogen-bond acceptors (Lipinski definition) is 4. The molecule has 1 heterocycles. The first kappa shape index (κ1) is 15.5. The van der Waals surface area contributed by atoms with Crippen LogP contribution in [0.5, 0.6) is 11.6 Å². The van der Waals surface area contributed by atoms with Crippen LogP contribution < -0.4 is 10.1 Å². The van der Waals surface area contributed by atoms with E-state index in [9.17, 15) is 0 Å². The highest BCUT2D eigenvalue weighted by Gasteiger charge is 2.01. The van der Waals surface area contributed by atoms with Crippen molar-refractivity contribution < 1.29 is 9.47 Å². The maximum atomic E-state index is 5.76. The van der Waals surface area contributed by atoms with Gasteiger partial charge in [0.1, 0.15) is 5.75 Å². The van der Waals surface area contributed by atoms with Gasteiger partial charge in [0.15, 0.2) is 0 Å². The summed E-state index contributed by atoms with van der Waals surface area (Å²) in [7, 11) is 1.70. The second-order valence-electron chi connectivity index (χ2n) is 5.02. The van der Waals surface area contributed by atoms with Crippen molar-refractivity contribution in [1.29, 1.82) is 0 Å². The molecule has 0 aliphatic heterocycles. The van der Waals surface area contributed by atoms with Crippen LogP contribution in [0, 0.1) is 13.8 Å². The van der Waals surface area contributed by atoms with Crippen LogP contribution in [0.15, 0.2) is 36.5 Å². The van der Waals surface area contributed by atoms with Crippen molar-refractivity contribution in [2.75, 3.05) is 20.3 Å². The number of ether oxygens (including phenoxy) is 2. The lowest BCUT2D eigenvalue weighted by Gasteiger charge is -2.08. The van der Waals surface area contributed by atoms with Gasteiger partial charge in [-0.25, -0.2) is 4.98 Å². The van der Waals surface area contributed by atoms with E-state index in [1.807, 2.05) is 30.5 Å². The molecular weight excluding hydrogens is 264 g/mol. The number of methoxy groups -OCH3 is 1. The van der Waals surface area contributed by atoms with Crippen molar-refractivity contribution >= 4 is 0 Å². The quantitative estimate of drug-likeness (QED) is 0.794. The Balaban J connectivity index is 1.91. The molecule has 0 bridgehead atoms. The van der Waals surface area contributed by atoms with E-state index in [0.717, 1.165) is 24.4 Å². The lowest BCUT2D eigenvalue weighted by atomic mass is 10.1. The van der Waals surface area contributed by atoms with Crippen LogP contribution in [0.4, 0.5) is 0 Å². The summed E-state index contributed by atoms with van der Waals surface area (Å²) >= 11 is 0. The van der Waals surface area contributed by atoms with Gasteiger partial charge in [0, 0.05) is 32.5 Å². The third kappa shape index (κ3) is 4.85. The van der Waals surface area contributed by atoms with Crippen molar-refractivity contribution in [2.24, 2.45) is 0 Å². The maximum absolute atomic E-state index is 5.76. The Hall–Kier alpha value is -1.91. The Morgan fingerprint density at radius 2 is 1.95 bits per heavy atom. The van der Waals surface area contributed by atoms with Gasteiger partial charge in [0.25, 0.3) is 0 Å². The fourth-order valence-corrected chi connectivity index (χ4v) is 1.88. The topological polar surface area (TPSA) is 43.4 Å². The zero-order valence-corrected chi connectivity index (χ0v) is 12.8. The van der Waals surface area contributed by atoms with Gasteiger partial charge in [0.05, 0.1) is 6.61 Å². The Bertz CT molecular complexity index is 568. The minimum absolute atomic E-state index is 0.610. The van der Waals surface area contributed by atoms with Gasteiger partial charge in [-0.3, -0.25) is 0 Å². The van der Waals surface area contributed by atoms with Crippen LogP contribution >= 0.6 is 0 Å². The highest BCUT2D eigenvalue weighted by atomic mass is 16.5. The van der Waals surface area contributed by atoms with Gasteiger partial charge in [-0.1, -0.05) is 12.1 Å². The second-order valence-corrected chi connectivity index (χ2v) is 5.02. The molecule has 0 unspecified atom stereocenters. The third-order valence-electron chi connectivity index (χ3n) is 3.31. The number of aryl methyl sites for hydroxylation is 2. The molecular formula is C17H22N2O2. The average Bonchev–Trinajstić information content (AvgIpc) is 2.49. The SMILES string of the molecule is COCCNCc1ccc(Oc2ccc(C)c(C)c2)nc1. The number of aromatic nitrogens is 1. The molecule has 112 valence electrons. The minimum Gasteiger partial charge on any atom is -0.439 e. The Kier molecular flexibility index (Phi) is 5.72. The van der Waals surface area contributed by atoms with E-state index in [2.05, 4.69) is 30.2 Å². The van der Waals surface area contributed by atoms with Crippen LogP contribution in [0.25, 0.3) is 0 Å². The predicted molar refractivity (Wildman–Crippen MR) is 83.8 cm³/mol. The standard InChI is InChI=1S/C17H22N2O2/c1-13-4-6-16(10-14(13)2)21-17-7-5-15(12-19-17)11-18-8-9-20-3/h4-7,10,12,18H,8-9,11H2,1-3H3. The molecule has 4 nitrogen and oxygen atoms in total. The number of nitrogens with zero attached hydrogens (tertiary/aromatic N) is 1. The molecule has 2 rings (SSSR count). The van der Waals surface area contributed by atoms with E-state index >= 15 is 0 Å². The predicted octanol–water partition coefficient (Wildman–Crippen LogP) is 3.23. The van der Waals surface area contributed by atoms with E-state index in [0.29, 0.717) is 12.5 Å². The third-order valence-corrected chi connectivity index (χ3v) is 3.31. The maximum Gasteiger partial charge on any atom is 0.219 e. The zero-order chi connectivity index (χ0) is 15.1. The highest BCUT2D eigenvalue weighted by Crippen LogP contribution is 2.22. The molecule has 21 heavy (non-hydrogen) atoms. The summed E-state index contributed by atoms with van der Waals surface area (Å²) < 4.78 is 10.7. The Labute approximate surface area is 126 Å². The summed E-state index contributed by atoms with van der Waals surface area (Å²) in [5, 5.41) is 3.28. The highest BCUT2D eigenvalue weighted by molar-refractivity contribution is 5.36. The van der Waals surface area contributed by atoms with Crippen LogP contribution in [0.1, 0.15) is 16.7 Å². The molecule has 1 N–H and O–H groups in total. The summed E-state index contributed by atoms with van der Waals surface area (Å²) in [6.07, 6.45) is 1.83. The summed E-state index contributed by atoms with van der Waals surface area (Å²) in [5.41, 5.74) is 3.60. The van der Waals surface area contributed by atoms with Gasteiger partial charge in [-0.05, 0) is 42.7 Å². The summed E-state index contributed by atoms with van der Waals surface area (Å²) in [6.45, 7) is 6.48. The normalized spacial score (nSPS) is 10.6. The summed E-state index contributed by atoms with van der Waals surface area (Å²) in [4.78, 5) is 4.33. The molecule has 1 aromatic carbocycles. The first-order chi connectivity index (χ1) is 10.2. The van der Waals surface area contributed by atoms with E-state index < -0.39 is 0 Å². The molecule has 0 aliphatic carbocycles.